The van der Waals surface area contributed by atoms with Crippen molar-refractivity contribution in [2.75, 3.05) is 18.6 Å². The Kier molecular flexibility index (Phi) is 6.64. The average molecular weight is 508 g/mol. The molecule has 0 radical (unpaired) electrons. The van der Waals surface area contributed by atoms with E-state index in [-0.39, 0.29) is 11.3 Å². The Hall–Kier alpha value is -4.58. The number of hydrogen-bond acceptors (Lipinski definition) is 5. The smallest absolute Gasteiger partial charge is 0.300 e. The number of rotatable bonds is 6. The second-order valence-corrected chi connectivity index (χ2v) is 9.39. The Bertz CT molecular complexity index is 1580. The lowest BCUT2D eigenvalue weighted by Gasteiger charge is -2.27. The third-order valence-corrected chi connectivity index (χ3v) is 6.78. The Morgan fingerprint density at radius 1 is 0.895 bits per heavy atom. The molecule has 1 amide bonds. The lowest BCUT2D eigenvalue weighted by atomic mass is 9.93. The second kappa shape index (κ2) is 10.1. The summed E-state index contributed by atoms with van der Waals surface area (Å²) in [5.74, 6) is -0.633. The third-order valence-electron chi connectivity index (χ3n) is 6.78. The number of ketones is 1. The molecule has 0 aliphatic carbocycles. The molecule has 4 aromatic carbocycles. The van der Waals surface area contributed by atoms with Gasteiger partial charge in [-0.25, -0.2) is 0 Å². The number of aliphatic hydroxyl groups excluding tert-OH is 1. The standard InChI is InChI=1S/C32H29NO5/c1-5-38-27-18-22(13-14-26(27)37-4)29-28(30(34)25-12-8-10-21-9-6-7-11-24(21)25)31(35)32(36)33(29)23-16-19(2)15-20(3)17-23/h6-18,29,34H,5H2,1-4H3/b30-28+. The molecule has 1 heterocycles. The lowest BCUT2D eigenvalue weighted by molar-refractivity contribution is -0.132. The molecule has 5 rings (SSSR count). The minimum atomic E-state index is -0.875. The van der Waals surface area contributed by atoms with Crippen LogP contribution in [0.4, 0.5) is 5.69 Å². The second-order valence-electron chi connectivity index (χ2n) is 9.39. The highest BCUT2D eigenvalue weighted by molar-refractivity contribution is 6.51. The fraction of sp³-hybridized carbons (Fsp3) is 0.188. The number of amides is 1. The number of carbonyl (C=O) groups is 2. The van der Waals surface area contributed by atoms with Crippen LogP contribution in [-0.4, -0.2) is 30.5 Å². The molecule has 4 aromatic rings. The molecular weight excluding hydrogens is 478 g/mol. The first kappa shape index (κ1) is 25.1. The third kappa shape index (κ3) is 4.28. The molecule has 1 aliphatic rings. The maximum Gasteiger partial charge on any atom is 0.300 e. The SMILES string of the molecule is CCOc1cc(C2/C(=C(\O)c3cccc4ccccc34)C(=O)C(=O)N2c2cc(C)cc(C)c2)ccc1OC. The number of fused-ring (bicyclic) bond motifs is 1. The number of nitrogens with zero attached hydrogens (tertiary/aromatic N) is 1. The fourth-order valence-electron chi connectivity index (χ4n) is 5.21. The zero-order valence-corrected chi connectivity index (χ0v) is 21.8. The van der Waals surface area contributed by atoms with E-state index < -0.39 is 17.7 Å². The van der Waals surface area contributed by atoms with Crippen LogP contribution in [0.15, 0.2) is 84.4 Å². The Balaban J connectivity index is 1.80. The molecule has 6 heteroatoms. The fourth-order valence-corrected chi connectivity index (χ4v) is 5.21. The molecule has 0 saturated carbocycles. The van der Waals surface area contributed by atoms with Gasteiger partial charge in [-0.1, -0.05) is 54.6 Å². The summed E-state index contributed by atoms with van der Waals surface area (Å²) in [5.41, 5.74) is 3.64. The molecule has 1 aliphatic heterocycles. The van der Waals surface area contributed by atoms with Crippen molar-refractivity contribution in [1.29, 1.82) is 0 Å². The van der Waals surface area contributed by atoms with Crippen molar-refractivity contribution in [3.05, 3.63) is 107 Å². The highest BCUT2D eigenvalue weighted by atomic mass is 16.5. The topological polar surface area (TPSA) is 76.1 Å². The minimum absolute atomic E-state index is 0.0260. The van der Waals surface area contributed by atoms with E-state index in [1.165, 1.54) is 4.90 Å². The maximum absolute atomic E-state index is 13.7. The molecule has 192 valence electrons. The zero-order chi connectivity index (χ0) is 27.0. The van der Waals surface area contributed by atoms with Crippen LogP contribution in [-0.2, 0) is 9.59 Å². The predicted octanol–water partition coefficient (Wildman–Crippen LogP) is 6.49. The number of carbonyl (C=O) groups excluding carboxylic acids is 2. The van der Waals surface area contributed by atoms with Gasteiger partial charge in [0.15, 0.2) is 11.5 Å². The number of aryl methyl sites for hydroxylation is 2. The number of anilines is 1. The molecule has 0 bridgehead atoms. The van der Waals surface area contributed by atoms with E-state index >= 15 is 0 Å². The highest BCUT2D eigenvalue weighted by Gasteiger charge is 2.47. The van der Waals surface area contributed by atoms with Gasteiger partial charge in [-0.2, -0.15) is 0 Å². The Labute approximate surface area is 221 Å². The molecular formula is C32H29NO5. The zero-order valence-electron chi connectivity index (χ0n) is 21.8. The Morgan fingerprint density at radius 3 is 2.32 bits per heavy atom. The quantitative estimate of drug-likeness (QED) is 0.183. The molecule has 38 heavy (non-hydrogen) atoms. The molecule has 1 unspecified atom stereocenters. The van der Waals surface area contributed by atoms with Crippen LogP contribution in [0.2, 0.25) is 0 Å². The molecule has 6 nitrogen and oxygen atoms in total. The first-order valence-corrected chi connectivity index (χ1v) is 12.5. The van der Waals surface area contributed by atoms with E-state index in [9.17, 15) is 14.7 Å². The number of hydrogen-bond donors (Lipinski definition) is 1. The van der Waals surface area contributed by atoms with Gasteiger partial charge in [-0.15, -0.1) is 0 Å². The van der Waals surface area contributed by atoms with Crippen molar-refractivity contribution < 1.29 is 24.2 Å². The summed E-state index contributed by atoms with van der Waals surface area (Å²) in [4.78, 5) is 28.8. The van der Waals surface area contributed by atoms with Gasteiger partial charge >= 0.3 is 0 Å². The van der Waals surface area contributed by atoms with Gasteiger partial charge in [0.1, 0.15) is 5.76 Å². The van der Waals surface area contributed by atoms with Gasteiger partial charge in [0, 0.05) is 11.3 Å². The summed E-state index contributed by atoms with van der Waals surface area (Å²) in [6.45, 7) is 6.17. The van der Waals surface area contributed by atoms with Crippen molar-refractivity contribution in [2.45, 2.75) is 26.8 Å². The van der Waals surface area contributed by atoms with Crippen LogP contribution >= 0.6 is 0 Å². The first-order valence-electron chi connectivity index (χ1n) is 12.5. The summed E-state index contributed by atoms with van der Waals surface area (Å²) in [5, 5.41) is 13.4. The van der Waals surface area contributed by atoms with Crippen LogP contribution in [0, 0.1) is 13.8 Å². The monoisotopic (exact) mass is 507 g/mol. The van der Waals surface area contributed by atoms with E-state index in [4.69, 9.17) is 9.47 Å². The van der Waals surface area contributed by atoms with Crippen LogP contribution < -0.4 is 14.4 Å². The van der Waals surface area contributed by atoms with E-state index in [1.807, 2.05) is 75.4 Å². The molecule has 1 N–H and O–H groups in total. The van der Waals surface area contributed by atoms with Crippen molar-refractivity contribution in [1.82, 2.24) is 0 Å². The number of Topliss-reactive ketones (excluding diaryl/α,β-unsaturated/α-hetero) is 1. The van der Waals surface area contributed by atoms with Gasteiger partial charge in [0.2, 0.25) is 0 Å². The van der Waals surface area contributed by atoms with Crippen LogP contribution in [0.1, 0.15) is 35.2 Å². The van der Waals surface area contributed by atoms with Crippen molar-refractivity contribution >= 4 is 33.9 Å². The molecule has 0 aromatic heterocycles. The molecule has 1 saturated heterocycles. The van der Waals surface area contributed by atoms with Crippen LogP contribution in [0.5, 0.6) is 11.5 Å². The van der Waals surface area contributed by atoms with Gasteiger partial charge in [0.25, 0.3) is 11.7 Å². The van der Waals surface area contributed by atoms with E-state index in [1.54, 1.807) is 31.4 Å². The predicted molar refractivity (Wildman–Crippen MR) is 149 cm³/mol. The lowest BCUT2D eigenvalue weighted by Crippen LogP contribution is -2.29. The van der Waals surface area contributed by atoms with Gasteiger partial charge in [-0.05, 0) is 72.5 Å². The van der Waals surface area contributed by atoms with Gasteiger partial charge < -0.3 is 14.6 Å². The van der Waals surface area contributed by atoms with Gasteiger partial charge in [0.05, 0.1) is 25.3 Å². The Morgan fingerprint density at radius 2 is 1.61 bits per heavy atom. The normalized spacial score (nSPS) is 16.7. The minimum Gasteiger partial charge on any atom is -0.507 e. The number of ether oxygens (including phenoxy) is 2. The van der Waals surface area contributed by atoms with E-state index in [0.29, 0.717) is 34.9 Å². The highest BCUT2D eigenvalue weighted by Crippen LogP contribution is 2.45. The van der Waals surface area contributed by atoms with Crippen LogP contribution in [0.3, 0.4) is 0 Å². The largest absolute Gasteiger partial charge is 0.507 e. The van der Waals surface area contributed by atoms with Crippen molar-refractivity contribution in [3.63, 3.8) is 0 Å². The maximum atomic E-state index is 13.7. The number of benzene rings is 4. The summed E-state index contributed by atoms with van der Waals surface area (Å²) >= 11 is 0. The summed E-state index contributed by atoms with van der Waals surface area (Å²) in [7, 11) is 1.56. The molecule has 1 atom stereocenters. The molecule has 1 fully saturated rings. The van der Waals surface area contributed by atoms with Crippen molar-refractivity contribution in [2.24, 2.45) is 0 Å². The summed E-state index contributed by atoms with van der Waals surface area (Å²) in [6.07, 6.45) is 0. The molecule has 0 spiro atoms. The van der Waals surface area contributed by atoms with E-state index in [2.05, 4.69) is 0 Å². The van der Waals surface area contributed by atoms with Gasteiger partial charge in [-0.3, -0.25) is 14.5 Å². The first-order chi connectivity index (χ1) is 18.3. The average Bonchev–Trinajstić information content (AvgIpc) is 3.17. The summed E-state index contributed by atoms with van der Waals surface area (Å²) < 4.78 is 11.3. The van der Waals surface area contributed by atoms with Crippen molar-refractivity contribution in [3.8, 4) is 11.5 Å². The van der Waals surface area contributed by atoms with Crippen LogP contribution in [0.25, 0.3) is 16.5 Å². The number of aliphatic hydroxyl groups is 1. The number of methoxy groups -OCH3 is 1. The van der Waals surface area contributed by atoms with E-state index in [0.717, 1.165) is 21.9 Å². The summed E-state index contributed by atoms with van der Waals surface area (Å²) in [6, 6.07) is 23.3.